The second-order valence-electron chi connectivity index (χ2n) is 1.79. The Bertz CT molecular complexity index is 252. The Labute approximate surface area is 62.0 Å². The number of hydrogen-bond donors (Lipinski definition) is 0. The first-order valence-electron chi connectivity index (χ1n) is 2.85. The number of aromatic nitrogens is 3. The Morgan fingerprint density at radius 1 is 1.50 bits per heavy atom. The van der Waals surface area contributed by atoms with Crippen LogP contribution in [0.25, 0.3) is 5.00 Å². The van der Waals surface area contributed by atoms with Gasteiger partial charge in [-0.25, -0.2) is 4.68 Å². The van der Waals surface area contributed by atoms with Gasteiger partial charge in [0.1, 0.15) is 5.00 Å². The number of thiazole rings is 1. The van der Waals surface area contributed by atoms with E-state index in [9.17, 15) is 0 Å². The van der Waals surface area contributed by atoms with Crippen molar-refractivity contribution in [3.05, 3.63) is 30.2 Å². The first-order valence-corrected chi connectivity index (χ1v) is 3.73. The molecule has 0 unspecified atom stereocenters. The van der Waals surface area contributed by atoms with Crippen molar-refractivity contribution in [2.24, 2.45) is 0 Å². The molecule has 3 nitrogen and oxygen atoms in total. The fourth-order valence-electron chi connectivity index (χ4n) is 0.721. The van der Waals surface area contributed by atoms with E-state index in [1.165, 1.54) is 0 Å². The van der Waals surface area contributed by atoms with E-state index in [1.807, 2.05) is 12.3 Å². The van der Waals surface area contributed by atoms with Gasteiger partial charge in [0.05, 0.1) is 11.7 Å². The van der Waals surface area contributed by atoms with Crippen molar-refractivity contribution in [1.29, 1.82) is 0 Å². The van der Waals surface area contributed by atoms with E-state index >= 15 is 0 Å². The van der Waals surface area contributed by atoms with Gasteiger partial charge < -0.3 is 0 Å². The highest BCUT2D eigenvalue weighted by Gasteiger charge is 1.94. The summed E-state index contributed by atoms with van der Waals surface area (Å²) in [6, 6.07) is 1.89. The van der Waals surface area contributed by atoms with E-state index in [1.54, 1.807) is 33.9 Å². The van der Waals surface area contributed by atoms with E-state index in [4.69, 9.17) is 0 Å². The van der Waals surface area contributed by atoms with Gasteiger partial charge in [0.2, 0.25) is 0 Å². The van der Waals surface area contributed by atoms with Crippen molar-refractivity contribution < 1.29 is 0 Å². The van der Waals surface area contributed by atoms with E-state index in [0.29, 0.717) is 0 Å². The molecule has 0 amide bonds. The van der Waals surface area contributed by atoms with Gasteiger partial charge >= 0.3 is 0 Å². The van der Waals surface area contributed by atoms with Gasteiger partial charge in [-0.15, -0.1) is 11.3 Å². The zero-order valence-corrected chi connectivity index (χ0v) is 5.95. The van der Waals surface area contributed by atoms with Gasteiger partial charge in [-0.1, -0.05) is 0 Å². The molecule has 2 heterocycles. The first-order chi connectivity index (χ1) is 4.97. The summed E-state index contributed by atoms with van der Waals surface area (Å²) < 4.78 is 1.79. The van der Waals surface area contributed by atoms with E-state index in [-0.39, 0.29) is 0 Å². The summed E-state index contributed by atoms with van der Waals surface area (Å²) in [7, 11) is 0. The third-order valence-electron chi connectivity index (χ3n) is 1.15. The molecule has 0 bridgehead atoms. The molecule has 0 radical (unpaired) electrons. The first kappa shape index (κ1) is 5.61. The molecular formula is C6H5N3S. The van der Waals surface area contributed by atoms with E-state index < -0.39 is 0 Å². The molecule has 0 N–H and O–H groups in total. The Morgan fingerprint density at radius 2 is 2.50 bits per heavy atom. The lowest BCUT2D eigenvalue weighted by atomic mass is 10.7. The van der Waals surface area contributed by atoms with Gasteiger partial charge in [-0.3, -0.25) is 4.98 Å². The van der Waals surface area contributed by atoms with Crippen molar-refractivity contribution in [1.82, 2.24) is 14.8 Å². The maximum atomic E-state index is 4.05. The predicted octanol–water partition coefficient (Wildman–Crippen LogP) is 1.33. The van der Waals surface area contributed by atoms with Crippen LogP contribution in [0.15, 0.2) is 30.2 Å². The van der Waals surface area contributed by atoms with Crippen molar-refractivity contribution in [2.45, 2.75) is 0 Å². The third kappa shape index (κ3) is 0.823. The molecule has 0 aliphatic heterocycles. The van der Waals surface area contributed by atoms with Crippen molar-refractivity contribution in [3.8, 4) is 5.00 Å². The molecule has 2 aromatic rings. The van der Waals surface area contributed by atoms with Crippen LogP contribution < -0.4 is 0 Å². The summed E-state index contributed by atoms with van der Waals surface area (Å²) >= 11 is 1.57. The molecule has 0 saturated carbocycles. The molecule has 4 heteroatoms. The average Bonchev–Trinajstić information content (AvgIpc) is 2.59. The molecule has 0 spiro atoms. The van der Waals surface area contributed by atoms with Crippen LogP contribution in [0.4, 0.5) is 0 Å². The molecular weight excluding hydrogens is 146 g/mol. The fourth-order valence-corrected chi connectivity index (χ4v) is 1.29. The van der Waals surface area contributed by atoms with Crippen LogP contribution in [0.3, 0.4) is 0 Å². The monoisotopic (exact) mass is 151 g/mol. The van der Waals surface area contributed by atoms with Crippen molar-refractivity contribution in [3.63, 3.8) is 0 Å². The second-order valence-corrected chi connectivity index (χ2v) is 2.66. The summed E-state index contributed by atoms with van der Waals surface area (Å²) in [4.78, 5) is 3.94. The van der Waals surface area contributed by atoms with Crippen LogP contribution in [-0.4, -0.2) is 14.8 Å². The maximum Gasteiger partial charge on any atom is 0.137 e. The molecule has 0 aliphatic carbocycles. The van der Waals surface area contributed by atoms with Crippen LogP contribution in [0, 0.1) is 0 Å². The molecule has 0 aliphatic rings. The van der Waals surface area contributed by atoms with Crippen LogP contribution in [-0.2, 0) is 0 Å². The quantitative estimate of drug-likeness (QED) is 0.615. The van der Waals surface area contributed by atoms with Crippen LogP contribution >= 0.6 is 11.3 Å². The predicted molar refractivity (Wildman–Crippen MR) is 39.2 cm³/mol. The van der Waals surface area contributed by atoms with E-state index in [2.05, 4.69) is 10.1 Å². The lowest BCUT2D eigenvalue weighted by Gasteiger charge is -1.90. The molecule has 2 aromatic heterocycles. The van der Waals surface area contributed by atoms with Gasteiger partial charge in [-0.2, -0.15) is 5.10 Å². The lowest BCUT2D eigenvalue weighted by molar-refractivity contribution is 0.894. The summed E-state index contributed by atoms with van der Waals surface area (Å²) in [5.41, 5.74) is 1.79. The van der Waals surface area contributed by atoms with Gasteiger partial charge in [-0.05, 0) is 6.07 Å². The van der Waals surface area contributed by atoms with Crippen LogP contribution in [0.2, 0.25) is 0 Å². The zero-order valence-electron chi connectivity index (χ0n) is 5.14. The summed E-state index contributed by atoms with van der Waals surface area (Å²) in [6.07, 6.45) is 5.44. The highest BCUT2D eigenvalue weighted by Crippen LogP contribution is 2.09. The Balaban J connectivity index is 2.48. The van der Waals surface area contributed by atoms with Gasteiger partial charge in [0.25, 0.3) is 0 Å². The topological polar surface area (TPSA) is 30.7 Å². The zero-order chi connectivity index (χ0) is 6.81. The largest absolute Gasteiger partial charge is 0.251 e. The van der Waals surface area contributed by atoms with Gasteiger partial charge in [0, 0.05) is 12.4 Å². The van der Waals surface area contributed by atoms with Crippen molar-refractivity contribution >= 4 is 11.3 Å². The fraction of sp³-hybridized carbons (Fsp3) is 0. The summed E-state index contributed by atoms with van der Waals surface area (Å²) in [5.74, 6) is 0. The van der Waals surface area contributed by atoms with Crippen molar-refractivity contribution in [2.75, 3.05) is 0 Å². The molecule has 0 aromatic carbocycles. The van der Waals surface area contributed by atoms with Crippen LogP contribution in [0.5, 0.6) is 0 Å². The van der Waals surface area contributed by atoms with E-state index in [0.717, 1.165) is 5.00 Å². The normalized spacial score (nSPS) is 10.0. The van der Waals surface area contributed by atoms with Gasteiger partial charge in [0.15, 0.2) is 0 Å². The Kier molecular flexibility index (Phi) is 1.25. The van der Waals surface area contributed by atoms with Crippen LogP contribution in [0.1, 0.15) is 0 Å². The summed E-state index contributed by atoms with van der Waals surface area (Å²) in [6.45, 7) is 0. The summed E-state index contributed by atoms with van der Waals surface area (Å²) in [5, 5.41) is 5.09. The second kappa shape index (κ2) is 2.22. The minimum absolute atomic E-state index is 1.05. The Hall–Kier alpha value is -1.16. The SMILES string of the molecule is c1cnn(-c2cncs2)c1. The molecule has 10 heavy (non-hydrogen) atoms. The maximum absolute atomic E-state index is 4.05. The smallest absolute Gasteiger partial charge is 0.137 e. The molecule has 0 atom stereocenters. The number of rotatable bonds is 1. The molecule has 0 fully saturated rings. The molecule has 2 rings (SSSR count). The number of nitrogens with zero attached hydrogens (tertiary/aromatic N) is 3. The standard InChI is InChI=1S/C6H5N3S/c1-2-8-9(3-1)6-4-7-5-10-6/h1-5H. The highest BCUT2D eigenvalue weighted by molar-refractivity contribution is 7.12. The highest BCUT2D eigenvalue weighted by atomic mass is 32.1. The minimum Gasteiger partial charge on any atom is -0.251 e. The average molecular weight is 151 g/mol. The third-order valence-corrected chi connectivity index (χ3v) is 1.91. The molecule has 50 valence electrons. The molecule has 0 saturated heterocycles. The Morgan fingerprint density at radius 3 is 3.10 bits per heavy atom. The number of hydrogen-bond acceptors (Lipinski definition) is 3. The lowest BCUT2D eigenvalue weighted by Crippen LogP contribution is -1.88. The minimum atomic E-state index is 1.05.